The van der Waals surface area contributed by atoms with Gasteiger partial charge in [0, 0.05) is 19.3 Å². The van der Waals surface area contributed by atoms with Crippen molar-refractivity contribution in [1.82, 2.24) is 14.5 Å². The van der Waals surface area contributed by atoms with Crippen LogP contribution in [0.2, 0.25) is 0 Å². The second-order valence-electron chi connectivity index (χ2n) is 4.38. The normalized spacial score (nSPS) is 18.3. The molecule has 15 heavy (non-hydrogen) atoms. The Labute approximate surface area is 92.1 Å². The molecule has 1 fully saturated rings. The average Bonchev–Trinajstić information content (AvgIpc) is 2.61. The van der Waals surface area contributed by atoms with Crippen molar-refractivity contribution in [2.75, 3.05) is 13.1 Å². The quantitative estimate of drug-likeness (QED) is 0.757. The highest BCUT2D eigenvalue weighted by molar-refractivity contribution is 5.04. The molecule has 1 aliphatic heterocycles. The van der Waals surface area contributed by atoms with Crippen molar-refractivity contribution in [3.63, 3.8) is 0 Å². The van der Waals surface area contributed by atoms with Crippen LogP contribution in [0.3, 0.4) is 0 Å². The van der Waals surface area contributed by atoms with Crippen LogP contribution in [0, 0.1) is 6.92 Å². The van der Waals surface area contributed by atoms with Gasteiger partial charge in [0.25, 0.3) is 0 Å². The minimum atomic E-state index is 1.04. The Bertz CT molecular complexity index is 311. The monoisotopic (exact) mass is 207 g/mol. The molecule has 84 valence electrons. The molecule has 0 unspecified atom stereocenters. The maximum atomic E-state index is 4.39. The number of likely N-dealkylation sites (tertiary alicyclic amines) is 1. The van der Waals surface area contributed by atoms with Crippen molar-refractivity contribution >= 4 is 0 Å². The average molecular weight is 207 g/mol. The fourth-order valence-corrected chi connectivity index (χ4v) is 2.42. The largest absolute Gasteiger partial charge is 0.331 e. The van der Waals surface area contributed by atoms with E-state index in [0.717, 1.165) is 18.9 Å². The van der Waals surface area contributed by atoms with Crippen molar-refractivity contribution in [1.29, 1.82) is 0 Å². The molecule has 2 rings (SSSR count). The van der Waals surface area contributed by atoms with Gasteiger partial charge in [-0.05, 0) is 39.8 Å². The lowest BCUT2D eigenvalue weighted by Gasteiger charge is -2.26. The molecule has 0 amide bonds. The Kier molecular flexibility index (Phi) is 3.41. The molecule has 2 heterocycles. The third kappa shape index (κ3) is 2.40. The van der Waals surface area contributed by atoms with E-state index in [1.807, 2.05) is 6.20 Å². The van der Waals surface area contributed by atoms with E-state index < -0.39 is 0 Å². The van der Waals surface area contributed by atoms with Crippen molar-refractivity contribution in [3.8, 4) is 0 Å². The summed E-state index contributed by atoms with van der Waals surface area (Å²) in [5, 5.41) is 0. The lowest BCUT2D eigenvalue weighted by molar-refractivity contribution is 0.216. The lowest BCUT2D eigenvalue weighted by atomic mass is 10.1. The van der Waals surface area contributed by atoms with Gasteiger partial charge in [-0.3, -0.25) is 4.90 Å². The first-order valence-electron chi connectivity index (χ1n) is 6.04. The maximum absolute atomic E-state index is 4.39. The van der Waals surface area contributed by atoms with Gasteiger partial charge < -0.3 is 4.57 Å². The number of hydrogen-bond donors (Lipinski definition) is 0. The molecule has 0 radical (unpaired) electrons. The Hall–Kier alpha value is -0.830. The summed E-state index contributed by atoms with van der Waals surface area (Å²) in [6.45, 7) is 8.91. The smallest absolute Gasteiger partial charge is 0.105 e. The number of nitrogens with zero attached hydrogens (tertiary/aromatic N) is 3. The zero-order valence-electron chi connectivity index (χ0n) is 9.87. The number of rotatable bonds is 3. The van der Waals surface area contributed by atoms with Crippen LogP contribution >= 0.6 is 0 Å². The van der Waals surface area contributed by atoms with Gasteiger partial charge in [-0.25, -0.2) is 4.98 Å². The van der Waals surface area contributed by atoms with Crippen molar-refractivity contribution in [3.05, 3.63) is 17.7 Å². The number of hydrogen-bond acceptors (Lipinski definition) is 2. The predicted molar refractivity (Wildman–Crippen MR) is 61.8 cm³/mol. The molecule has 3 heteroatoms. The minimum absolute atomic E-state index is 1.04. The van der Waals surface area contributed by atoms with Crippen LogP contribution in [0.15, 0.2) is 6.20 Å². The van der Waals surface area contributed by atoms with E-state index in [4.69, 9.17) is 0 Å². The summed E-state index contributed by atoms with van der Waals surface area (Å²) in [5.74, 6) is 1.14. The van der Waals surface area contributed by atoms with Crippen LogP contribution in [-0.4, -0.2) is 27.5 Å². The van der Waals surface area contributed by atoms with Crippen LogP contribution in [-0.2, 0) is 13.1 Å². The highest BCUT2D eigenvalue weighted by Crippen LogP contribution is 2.13. The zero-order chi connectivity index (χ0) is 10.7. The van der Waals surface area contributed by atoms with E-state index in [9.17, 15) is 0 Å². The standard InChI is InChI=1S/C12H21N3/c1-3-15-11(2)13-9-12(15)10-14-7-5-4-6-8-14/h9H,3-8,10H2,1-2H3. The number of aryl methyl sites for hydroxylation is 1. The Balaban J connectivity index is 2.02. The van der Waals surface area contributed by atoms with Crippen LogP contribution in [0.5, 0.6) is 0 Å². The Morgan fingerprint density at radius 1 is 1.27 bits per heavy atom. The van der Waals surface area contributed by atoms with Crippen LogP contribution in [0.25, 0.3) is 0 Å². The van der Waals surface area contributed by atoms with E-state index in [2.05, 4.69) is 28.3 Å². The first kappa shape index (κ1) is 10.7. The Morgan fingerprint density at radius 2 is 2.00 bits per heavy atom. The molecule has 0 aromatic carbocycles. The zero-order valence-corrected chi connectivity index (χ0v) is 9.87. The molecular weight excluding hydrogens is 186 g/mol. The van der Waals surface area contributed by atoms with Gasteiger partial charge >= 0.3 is 0 Å². The van der Waals surface area contributed by atoms with E-state index in [1.165, 1.54) is 38.0 Å². The maximum Gasteiger partial charge on any atom is 0.105 e. The van der Waals surface area contributed by atoms with Crippen LogP contribution < -0.4 is 0 Å². The highest BCUT2D eigenvalue weighted by atomic mass is 15.2. The molecule has 0 N–H and O–H groups in total. The SMILES string of the molecule is CCn1c(CN2CCCCC2)cnc1C. The van der Waals surface area contributed by atoms with Gasteiger partial charge in [0.05, 0.1) is 5.69 Å². The molecule has 3 nitrogen and oxygen atoms in total. The molecular formula is C12H21N3. The summed E-state index contributed by atoms with van der Waals surface area (Å²) in [7, 11) is 0. The van der Waals surface area contributed by atoms with Gasteiger partial charge in [-0.2, -0.15) is 0 Å². The van der Waals surface area contributed by atoms with Gasteiger partial charge in [0.15, 0.2) is 0 Å². The molecule has 0 atom stereocenters. The minimum Gasteiger partial charge on any atom is -0.331 e. The number of piperidine rings is 1. The van der Waals surface area contributed by atoms with E-state index in [1.54, 1.807) is 0 Å². The first-order chi connectivity index (χ1) is 7.31. The summed E-state index contributed by atoms with van der Waals surface area (Å²) < 4.78 is 2.31. The van der Waals surface area contributed by atoms with Gasteiger partial charge in [-0.15, -0.1) is 0 Å². The molecule has 1 saturated heterocycles. The van der Waals surface area contributed by atoms with Gasteiger partial charge in [0.1, 0.15) is 5.82 Å². The third-order valence-corrected chi connectivity index (χ3v) is 3.29. The third-order valence-electron chi connectivity index (χ3n) is 3.29. The van der Waals surface area contributed by atoms with Gasteiger partial charge in [0.2, 0.25) is 0 Å². The molecule has 1 aromatic rings. The Morgan fingerprint density at radius 3 is 2.67 bits per heavy atom. The summed E-state index contributed by atoms with van der Waals surface area (Å²) in [5.41, 5.74) is 1.37. The van der Waals surface area contributed by atoms with Crippen molar-refractivity contribution < 1.29 is 0 Å². The first-order valence-corrected chi connectivity index (χ1v) is 6.04. The number of imidazole rings is 1. The molecule has 0 bridgehead atoms. The summed E-state index contributed by atoms with van der Waals surface area (Å²) in [6.07, 6.45) is 6.16. The summed E-state index contributed by atoms with van der Waals surface area (Å²) >= 11 is 0. The van der Waals surface area contributed by atoms with Gasteiger partial charge in [-0.1, -0.05) is 6.42 Å². The molecule has 0 aliphatic carbocycles. The second-order valence-corrected chi connectivity index (χ2v) is 4.38. The molecule has 1 aliphatic rings. The van der Waals surface area contributed by atoms with Crippen LogP contribution in [0.4, 0.5) is 0 Å². The predicted octanol–water partition coefficient (Wildman–Crippen LogP) is 2.20. The van der Waals surface area contributed by atoms with Crippen molar-refractivity contribution in [2.24, 2.45) is 0 Å². The molecule has 0 saturated carbocycles. The lowest BCUT2D eigenvalue weighted by Crippen LogP contribution is -2.30. The molecule has 1 aromatic heterocycles. The van der Waals surface area contributed by atoms with Crippen molar-refractivity contribution in [2.45, 2.75) is 46.2 Å². The second kappa shape index (κ2) is 4.79. The highest BCUT2D eigenvalue weighted by Gasteiger charge is 2.13. The summed E-state index contributed by atoms with van der Waals surface area (Å²) in [4.78, 5) is 6.94. The summed E-state index contributed by atoms with van der Waals surface area (Å²) in [6, 6.07) is 0. The van der Waals surface area contributed by atoms with E-state index in [-0.39, 0.29) is 0 Å². The topological polar surface area (TPSA) is 21.1 Å². The molecule has 0 spiro atoms. The van der Waals surface area contributed by atoms with Crippen LogP contribution in [0.1, 0.15) is 37.7 Å². The fourth-order valence-electron chi connectivity index (χ4n) is 2.42. The van der Waals surface area contributed by atoms with E-state index >= 15 is 0 Å². The fraction of sp³-hybridized carbons (Fsp3) is 0.750. The van der Waals surface area contributed by atoms with E-state index in [0.29, 0.717) is 0 Å². The number of aromatic nitrogens is 2.